The van der Waals surface area contributed by atoms with E-state index in [9.17, 15) is 22.4 Å². The van der Waals surface area contributed by atoms with Crippen molar-refractivity contribution in [1.29, 1.82) is 0 Å². The summed E-state index contributed by atoms with van der Waals surface area (Å²) < 4.78 is 48.3. The highest BCUT2D eigenvalue weighted by Crippen LogP contribution is 2.29. The first-order chi connectivity index (χ1) is 22.4. The third kappa shape index (κ3) is 9.03. The number of sulfonamides is 1. The number of ether oxygens (including phenoxy) is 1. The van der Waals surface area contributed by atoms with Crippen LogP contribution >= 0.6 is 23.2 Å². The summed E-state index contributed by atoms with van der Waals surface area (Å²) in [5.41, 5.74) is 1.22. The number of carbonyl (C=O) groups excluding carboxylic acids is 2. The molecule has 12 heteroatoms. The van der Waals surface area contributed by atoms with Crippen LogP contribution in [0.2, 0.25) is 10.0 Å². The van der Waals surface area contributed by atoms with Gasteiger partial charge in [0.15, 0.2) is 0 Å². The Morgan fingerprint density at radius 2 is 1.51 bits per heavy atom. The number of methoxy groups -OCH3 is 1. The Hall–Kier alpha value is -4.12. The largest absolute Gasteiger partial charge is 0.497 e. The lowest BCUT2D eigenvalue weighted by atomic mass is 10.0. The average molecular weight is 701 g/mol. The van der Waals surface area contributed by atoms with Crippen LogP contribution in [-0.4, -0.2) is 50.9 Å². The minimum atomic E-state index is -4.38. The normalized spacial score (nSPS) is 12.6. The molecule has 0 aromatic heterocycles. The zero-order chi connectivity index (χ0) is 34.1. The number of nitrogens with zero attached hydrogens (tertiary/aromatic N) is 2. The SMILES string of the molecule is CC[C@H](C)NC(=O)[C@@H](Cc1ccccc1)N(Cc1c(Cl)cccc1Cl)C(=O)CN(c1ccc(F)cc1)S(=O)(=O)c1ccc(OC)cc1. The molecule has 4 rings (SSSR count). The van der Waals surface area contributed by atoms with Gasteiger partial charge in [-0.05, 0) is 79.6 Å². The summed E-state index contributed by atoms with van der Waals surface area (Å²) in [7, 11) is -2.93. The van der Waals surface area contributed by atoms with Crippen LogP contribution < -0.4 is 14.4 Å². The smallest absolute Gasteiger partial charge is 0.264 e. The molecule has 248 valence electrons. The number of amides is 2. The predicted molar refractivity (Wildman–Crippen MR) is 183 cm³/mol. The lowest BCUT2D eigenvalue weighted by molar-refractivity contribution is -0.140. The molecule has 1 N–H and O–H groups in total. The zero-order valence-electron chi connectivity index (χ0n) is 26.2. The lowest BCUT2D eigenvalue weighted by Crippen LogP contribution is -2.54. The van der Waals surface area contributed by atoms with Crippen molar-refractivity contribution >= 4 is 50.7 Å². The van der Waals surface area contributed by atoms with Gasteiger partial charge in [-0.1, -0.05) is 66.5 Å². The second-order valence-electron chi connectivity index (χ2n) is 10.9. The Bertz CT molecular complexity index is 1760. The number of hydrogen-bond acceptors (Lipinski definition) is 5. The molecule has 0 aliphatic carbocycles. The van der Waals surface area contributed by atoms with Crippen LogP contribution in [0.1, 0.15) is 31.4 Å². The first-order valence-electron chi connectivity index (χ1n) is 14.9. The molecular weight excluding hydrogens is 664 g/mol. The van der Waals surface area contributed by atoms with Gasteiger partial charge >= 0.3 is 0 Å². The van der Waals surface area contributed by atoms with Crippen LogP contribution in [0, 0.1) is 5.82 Å². The average Bonchev–Trinajstić information content (AvgIpc) is 3.07. The minimum Gasteiger partial charge on any atom is -0.497 e. The molecule has 0 aliphatic rings. The van der Waals surface area contributed by atoms with Gasteiger partial charge in [-0.25, -0.2) is 12.8 Å². The van der Waals surface area contributed by atoms with Gasteiger partial charge < -0.3 is 15.0 Å². The quantitative estimate of drug-likeness (QED) is 0.155. The molecule has 0 radical (unpaired) electrons. The van der Waals surface area contributed by atoms with E-state index < -0.39 is 40.2 Å². The second kappa shape index (κ2) is 16.1. The molecule has 4 aromatic rings. The van der Waals surface area contributed by atoms with Crippen molar-refractivity contribution in [3.05, 3.63) is 124 Å². The van der Waals surface area contributed by atoms with Crippen LogP contribution in [0.5, 0.6) is 5.75 Å². The van der Waals surface area contributed by atoms with Crippen LogP contribution in [0.15, 0.2) is 102 Å². The molecule has 0 saturated carbocycles. The molecule has 0 heterocycles. The number of rotatable bonds is 14. The van der Waals surface area contributed by atoms with Crippen molar-refractivity contribution in [2.45, 2.75) is 50.2 Å². The Morgan fingerprint density at radius 3 is 2.09 bits per heavy atom. The Morgan fingerprint density at radius 1 is 0.894 bits per heavy atom. The van der Waals surface area contributed by atoms with Gasteiger partial charge in [-0.15, -0.1) is 0 Å². The highest BCUT2D eigenvalue weighted by molar-refractivity contribution is 7.92. The minimum absolute atomic E-state index is 0.0509. The van der Waals surface area contributed by atoms with E-state index in [2.05, 4.69) is 5.32 Å². The number of carbonyl (C=O) groups is 2. The monoisotopic (exact) mass is 699 g/mol. The second-order valence-corrected chi connectivity index (χ2v) is 13.6. The van der Waals surface area contributed by atoms with Gasteiger partial charge in [0.2, 0.25) is 11.8 Å². The highest BCUT2D eigenvalue weighted by Gasteiger charge is 2.35. The number of halogens is 3. The Balaban J connectivity index is 1.84. The van der Waals surface area contributed by atoms with Crippen molar-refractivity contribution < 1.29 is 27.1 Å². The van der Waals surface area contributed by atoms with Gasteiger partial charge in [-0.3, -0.25) is 13.9 Å². The molecule has 0 spiro atoms. The summed E-state index contributed by atoms with van der Waals surface area (Å²) in [6, 6.07) is 23.2. The van der Waals surface area contributed by atoms with Crippen LogP contribution in [0.4, 0.5) is 10.1 Å². The number of nitrogens with one attached hydrogen (secondary N) is 1. The first kappa shape index (κ1) is 35.7. The van der Waals surface area contributed by atoms with Crippen molar-refractivity contribution in [2.24, 2.45) is 0 Å². The van der Waals surface area contributed by atoms with E-state index in [1.54, 1.807) is 18.2 Å². The molecule has 2 atom stereocenters. The van der Waals surface area contributed by atoms with Gasteiger partial charge in [-0.2, -0.15) is 0 Å². The molecular formula is C35H36Cl2FN3O5S. The fourth-order valence-electron chi connectivity index (χ4n) is 4.86. The Labute approximate surface area is 285 Å². The maximum Gasteiger partial charge on any atom is 0.264 e. The number of anilines is 1. The van der Waals surface area contributed by atoms with E-state index in [-0.39, 0.29) is 39.6 Å². The molecule has 0 aliphatic heterocycles. The first-order valence-corrected chi connectivity index (χ1v) is 17.1. The molecule has 2 amide bonds. The van der Waals surface area contributed by atoms with Crippen LogP contribution in [0.3, 0.4) is 0 Å². The molecule has 0 unspecified atom stereocenters. The number of benzene rings is 4. The molecule has 47 heavy (non-hydrogen) atoms. The van der Waals surface area contributed by atoms with Gasteiger partial charge in [0.25, 0.3) is 10.0 Å². The molecule has 0 saturated heterocycles. The third-order valence-corrected chi connectivity index (χ3v) is 10.2. The van der Waals surface area contributed by atoms with E-state index in [1.165, 1.54) is 48.4 Å². The zero-order valence-corrected chi connectivity index (χ0v) is 28.5. The van der Waals surface area contributed by atoms with E-state index in [0.29, 0.717) is 17.7 Å². The summed E-state index contributed by atoms with van der Waals surface area (Å²) in [4.78, 5) is 29.7. The van der Waals surface area contributed by atoms with Gasteiger partial charge in [0.1, 0.15) is 24.2 Å². The highest BCUT2D eigenvalue weighted by atomic mass is 35.5. The summed E-state index contributed by atoms with van der Waals surface area (Å²) in [5, 5.41) is 3.52. The van der Waals surface area contributed by atoms with Gasteiger partial charge in [0, 0.05) is 34.6 Å². The van der Waals surface area contributed by atoms with Crippen molar-refractivity contribution in [2.75, 3.05) is 18.0 Å². The van der Waals surface area contributed by atoms with E-state index >= 15 is 0 Å². The van der Waals surface area contributed by atoms with Crippen molar-refractivity contribution in [3.8, 4) is 5.75 Å². The van der Waals surface area contributed by atoms with Crippen molar-refractivity contribution in [3.63, 3.8) is 0 Å². The Kier molecular flexibility index (Phi) is 12.3. The fourth-order valence-corrected chi connectivity index (χ4v) is 6.79. The lowest BCUT2D eigenvalue weighted by Gasteiger charge is -2.34. The van der Waals surface area contributed by atoms with E-state index in [1.807, 2.05) is 44.2 Å². The molecule has 0 bridgehead atoms. The maximum absolute atomic E-state index is 14.6. The summed E-state index contributed by atoms with van der Waals surface area (Å²) in [6.07, 6.45) is 0.769. The standard InChI is InChI=1S/C35H36Cl2FN3O5S/c1-4-24(2)39-35(43)33(21-25-9-6-5-7-10-25)40(22-30-31(36)11-8-12-32(30)37)34(42)23-41(27-15-13-26(38)14-16-27)47(44,45)29-19-17-28(46-3)18-20-29/h5-20,24,33H,4,21-23H2,1-3H3,(H,39,43)/t24-,33+/m0/s1. The topological polar surface area (TPSA) is 96.0 Å². The van der Waals surface area contributed by atoms with E-state index in [4.69, 9.17) is 27.9 Å². The number of hydrogen-bond donors (Lipinski definition) is 1. The summed E-state index contributed by atoms with van der Waals surface area (Å²) in [5.74, 6) is -1.28. The predicted octanol–water partition coefficient (Wildman–Crippen LogP) is 6.89. The van der Waals surface area contributed by atoms with Crippen LogP contribution in [0.25, 0.3) is 0 Å². The maximum atomic E-state index is 14.6. The molecule has 4 aromatic carbocycles. The molecule has 8 nitrogen and oxygen atoms in total. The van der Waals surface area contributed by atoms with Crippen molar-refractivity contribution in [1.82, 2.24) is 10.2 Å². The summed E-state index contributed by atoms with van der Waals surface area (Å²) in [6.45, 7) is 2.87. The third-order valence-electron chi connectivity index (χ3n) is 7.70. The van der Waals surface area contributed by atoms with Crippen LogP contribution in [-0.2, 0) is 32.6 Å². The van der Waals surface area contributed by atoms with Gasteiger partial charge in [0.05, 0.1) is 17.7 Å². The molecule has 0 fully saturated rings. The fraction of sp³-hybridized carbons (Fsp3) is 0.257. The van der Waals surface area contributed by atoms with E-state index in [0.717, 1.165) is 22.0 Å². The summed E-state index contributed by atoms with van der Waals surface area (Å²) >= 11 is 13.1.